The second-order valence-electron chi connectivity index (χ2n) is 3.56. The summed E-state index contributed by atoms with van der Waals surface area (Å²) < 4.78 is 5.07. The molecule has 1 heterocycles. The Labute approximate surface area is 99.2 Å². The van der Waals surface area contributed by atoms with E-state index < -0.39 is 0 Å². The zero-order valence-corrected chi connectivity index (χ0v) is 9.71. The summed E-state index contributed by atoms with van der Waals surface area (Å²) in [5.74, 6) is 0.778. The number of carbonyl (C=O) groups excluding carboxylic acids is 1. The highest BCUT2D eigenvalue weighted by Crippen LogP contribution is 2.14. The molecule has 0 aromatic heterocycles. The Morgan fingerprint density at radius 3 is 2.62 bits per heavy atom. The van der Waals surface area contributed by atoms with Gasteiger partial charge in [-0.1, -0.05) is 12.1 Å². The van der Waals surface area contributed by atoms with Crippen molar-refractivity contribution in [2.45, 2.75) is 6.54 Å². The first-order valence-electron chi connectivity index (χ1n) is 4.91. The molecule has 5 heteroatoms. The summed E-state index contributed by atoms with van der Waals surface area (Å²) >= 11 is 5.03. The Morgan fingerprint density at radius 2 is 2.12 bits per heavy atom. The smallest absolute Gasteiger partial charge is 0.245 e. The van der Waals surface area contributed by atoms with Crippen LogP contribution < -0.4 is 10.1 Å². The fourth-order valence-corrected chi connectivity index (χ4v) is 1.80. The van der Waals surface area contributed by atoms with Gasteiger partial charge in [0.25, 0.3) is 0 Å². The molecule has 1 aliphatic heterocycles. The highest BCUT2D eigenvalue weighted by Gasteiger charge is 2.22. The van der Waals surface area contributed by atoms with Crippen molar-refractivity contribution < 1.29 is 9.53 Å². The van der Waals surface area contributed by atoms with E-state index in [1.807, 2.05) is 29.2 Å². The third kappa shape index (κ3) is 2.30. The number of methoxy groups -OCH3 is 1. The van der Waals surface area contributed by atoms with Gasteiger partial charge in [-0.3, -0.25) is 4.79 Å². The molecule has 1 N–H and O–H groups in total. The fourth-order valence-electron chi connectivity index (χ4n) is 1.56. The highest BCUT2D eigenvalue weighted by atomic mass is 32.1. The van der Waals surface area contributed by atoms with Crippen LogP contribution in [0.4, 0.5) is 0 Å². The van der Waals surface area contributed by atoms with Gasteiger partial charge in [0, 0.05) is 6.54 Å². The average molecular weight is 236 g/mol. The van der Waals surface area contributed by atoms with Gasteiger partial charge in [-0.2, -0.15) is 0 Å². The lowest BCUT2D eigenvalue weighted by molar-refractivity contribution is -0.118. The van der Waals surface area contributed by atoms with Crippen molar-refractivity contribution in [2.75, 3.05) is 13.7 Å². The van der Waals surface area contributed by atoms with Crippen LogP contribution in [0.15, 0.2) is 24.3 Å². The highest BCUT2D eigenvalue weighted by molar-refractivity contribution is 7.80. The monoisotopic (exact) mass is 236 g/mol. The molecule has 0 bridgehead atoms. The number of hydrogen-bond acceptors (Lipinski definition) is 3. The zero-order valence-electron chi connectivity index (χ0n) is 8.90. The summed E-state index contributed by atoms with van der Waals surface area (Å²) in [5, 5.41) is 3.10. The summed E-state index contributed by atoms with van der Waals surface area (Å²) in [5.41, 5.74) is 1.10. The first-order valence-corrected chi connectivity index (χ1v) is 5.31. The molecule has 1 fully saturated rings. The number of thiocarbonyl (C=S) groups is 1. The SMILES string of the molecule is COc1ccc(CN2CC(=O)NC2=S)cc1. The van der Waals surface area contributed by atoms with Crippen molar-refractivity contribution in [1.82, 2.24) is 10.2 Å². The molecular weight excluding hydrogens is 224 g/mol. The first kappa shape index (κ1) is 10.9. The van der Waals surface area contributed by atoms with Crippen molar-refractivity contribution in [2.24, 2.45) is 0 Å². The van der Waals surface area contributed by atoms with E-state index in [2.05, 4.69) is 5.32 Å². The molecule has 4 nitrogen and oxygen atoms in total. The molecule has 1 amide bonds. The average Bonchev–Trinajstić information content (AvgIpc) is 2.59. The maximum absolute atomic E-state index is 11.1. The molecule has 1 aliphatic rings. The van der Waals surface area contributed by atoms with Crippen LogP contribution in [0.2, 0.25) is 0 Å². The molecule has 0 atom stereocenters. The quantitative estimate of drug-likeness (QED) is 0.792. The van der Waals surface area contributed by atoms with Crippen LogP contribution in [0.25, 0.3) is 0 Å². The van der Waals surface area contributed by atoms with E-state index in [0.717, 1.165) is 11.3 Å². The Morgan fingerprint density at radius 1 is 1.44 bits per heavy atom. The largest absolute Gasteiger partial charge is 0.497 e. The van der Waals surface area contributed by atoms with Gasteiger partial charge < -0.3 is 15.0 Å². The van der Waals surface area contributed by atoms with Crippen LogP contribution in [-0.2, 0) is 11.3 Å². The predicted molar refractivity (Wildman–Crippen MR) is 64.1 cm³/mol. The molecule has 0 spiro atoms. The number of ether oxygens (including phenoxy) is 1. The number of nitrogens with zero attached hydrogens (tertiary/aromatic N) is 1. The lowest BCUT2D eigenvalue weighted by Gasteiger charge is -2.15. The third-order valence-corrected chi connectivity index (χ3v) is 2.76. The maximum atomic E-state index is 11.1. The molecule has 0 radical (unpaired) electrons. The molecule has 2 rings (SSSR count). The number of hydrogen-bond donors (Lipinski definition) is 1. The van der Waals surface area contributed by atoms with Gasteiger partial charge in [0.1, 0.15) is 5.75 Å². The lowest BCUT2D eigenvalue weighted by atomic mass is 10.2. The summed E-state index contributed by atoms with van der Waals surface area (Å²) in [7, 11) is 1.63. The van der Waals surface area contributed by atoms with E-state index in [0.29, 0.717) is 18.2 Å². The Kier molecular flexibility index (Phi) is 3.05. The number of amides is 1. The predicted octanol–water partition coefficient (Wildman–Crippen LogP) is 0.912. The van der Waals surface area contributed by atoms with Crippen LogP contribution in [0.1, 0.15) is 5.56 Å². The van der Waals surface area contributed by atoms with Gasteiger partial charge in [0.2, 0.25) is 5.91 Å². The van der Waals surface area contributed by atoms with E-state index in [-0.39, 0.29) is 5.91 Å². The van der Waals surface area contributed by atoms with Crippen molar-refractivity contribution in [1.29, 1.82) is 0 Å². The van der Waals surface area contributed by atoms with Gasteiger partial charge in [-0.25, -0.2) is 0 Å². The van der Waals surface area contributed by atoms with Crippen molar-refractivity contribution in [3.63, 3.8) is 0 Å². The minimum atomic E-state index is -0.0430. The normalized spacial score (nSPS) is 15.2. The molecule has 16 heavy (non-hydrogen) atoms. The minimum Gasteiger partial charge on any atom is -0.497 e. The van der Waals surface area contributed by atoms with Crippen LogP contribution in [-0.4, -0.2) is 29.6 Å². The molecule has 1 aromatic carbocycles. The van der Waals surface area contributed by atoms with Crippen LogP contribution in [0.5, 0.6) is 5.75 Å². The molecule has 0 unspecified atom stereocenters. The Bertz CT molecular complexity index is 416. The van der Waals surface area contributed by atoms with E-state index in [9.17, 15) is 4.79 Å². The summed E-state index contributed by atoms with van der Waals surface area (Å²) in [4.78, 5) is 12.9. The standard InChI is InChI=1S/C11H12N2O2S/c1-15-9-4-2-8(3-5-9)6-13-7-10(14)12-11(13)16/h2-5H,6-7H2,1H3,(H,12,14,16). The van der Waals surface area contributed by atoms with Crippen molar-refractivity contribution >= 4 is 23.2 Å². The summed E-state index contributed by atoms with van der Waals surface area (Å²) in [6, 6.07) is 7.71. The number of carbonyl (C=O) groups is 1. The maximum Gasteiger partial charge on any atom is 0.245 e. The molecule has 1 saturated heterocycles. The van der Waals surface area contributed by atoms with Gasteiger partial charge in [0.05, 0.1) is 13.7 Å². The fraction of sp³-hybridized carbons (Fsp3) is 0.273. The van der Waals surface area contributed by atoms with E-state index in [4.69, 9.17) is 17.0 Å². The molecule has 0 saturated carbocycles. The summed E-state index contributed by atoms with van der Waals surface area (Å²) in [6.07, 6.45) is 0. The lowest BCUT2D eigenvalue weighted by Crippen LogP contribution is -2.27. The first-order chi connectivity index (χ1) is 7.69. The van der Waals surface area contributed by atoms with E-state index >= 15 is 0 Å². The van der Waals surface area contributed by atoms with E-state index in [1.54, 1.807) is 7.11 Å². The van der Waals surface area contributed by atoms with Gasteiger partial charge in [-0.05, 0) is 29.9 Å². The van der Waals surface area contributed by atoms with Crippen molar-refractivity contribution in [3.8, 4) is 5.75 Å². The number of benzene rings is 1. The van der Waals surface area contributed by atoms with Crippen LogP contribution >= 0.6 is 12.2 Å². The third-order valence-electron chi connectivity index (χ3n) is 2.40. The Balaban J connectivity index is 2.03. The number of nitrogens with one attached hydrogen (secondary N) is 1. The molecule has 0 aliphatic carbocycles. The van der Waals surface area contributed by atoms with E-state index in [1.165, 1.54) is 0 Å². The van der Waals surface area contributed by atoms with Crippen LogP contribution in [0.3, 0.4) is 0 Å². The Hall–Kier alpha value is -1.62. The second kappa shape index (κ2) is 4.49. The van der Waals surface area contributed by atoms with Gasteiger partial charge in [0.15, 0.2) is 5.11 Å². The zero-order chi connectivity index (χ0) is 11.5. The molecule has 84 valence electrons. The van der Waals surface area contributed by atoms with Gasteiger partial charge in [-0.15, -0.1) is 0 Å². The van der Waals surface area contributed by atoms with Crippen LogP contribution in [0, 0.1) is 0 Å². The minimum absolute atomic E-state index is 0.0430. The number of rotatable bonds is 3. The summed E-state index contributed by atoms with van der Waals surface area (Å²) in [6.45, 7) is 0.979. The molecule has 1 aromatic rings. The van der Waals surface area contributed by atoms with Gasteiger partial charge >= 0.3 is 0 Å². The van der Waals surface area contributed by atoms with Crippen molar-refractivity contribution in [3.05, 3.63) is 29.8 Å². The molecular formula is C11H12N2O2S. The second-order valence-corrected chi connectivity index (χ2v) is 3.94. The topological polar surface area (TPSA) is 41.6 Å².